The number of aromatic nitrogens is 2. The van der Waals surface area contributed by atoms with Gasteiger partial charge in [0, 0.05) is 23.3 Å². The highest BCUT2D eigenvalue weighted by Gasteiger charge is 2.13. The van der Waals surface area contributed by atoms with Crippen molar-refractivity contribution in [2.75, 3.05) is 0 Å². The lowest BCUT2D eigenvalue weighted by molar-refractivity contribution is -0.145. The van der Waals surface area contributed by atoms with Gasteiger partial charge in [-0.05, 0) is 24.3 Å². The molecule has 1 heterocycles. The first kappa shape index (κ1) is 23.1. The summed E-state index contributed by atoms with van der Waals surface area (Å²) in [6.07, 6.45) is -0.308. The van der Waals surface area contributed by atoms with Crippen molar-refractivity contribution in [3.05, 3.63) is 103 Å². The summed E-state index contributed by atoms with van der Waals surface area (Å²) in [7, 11) is 0. The van der Waals surface area contributed by atoms with E-state index in [4.69, 9.17) is 15.3 Å². The number of nitrogens with zero attached hydrogens (tertiary/aromatic N) is 4. The molecule has 3 aromatic rings. The minimum absolute atomic E-state index is 0.0763. The molecule has 0 N–H and O–H groups in total. The third-order valence-corrected chi connectivity index (χ3v) is 4.77. The lowest BCUT2D eigenvalue weighted by Crippen LogP contribution is -2.38. The van der Waals surface area contributed by atoms with Crippen LogP contribution in [0.2, 0.25) is 0 Å². The van der Waals surface area contributed by atoms with Crippen LogP contribution in [0, 0.1) is 34.3 Å². The van der Waals surface area contributed by atoms with Gasteiger partial charge in [0.15, 0.2) is 0 Å². The van der Waals surface area contributed by atoms with Crippen LogP contribution in [0.3, 0.4) is 0 Å². The molecular weight excluding hydrogens is 434 g/mol. The first-order chi connectivity index (χ1) is 15.8. The summed E-state index contributed by atoms with van der Waals surface area (Å²) in [5, 5.41) is 17.6. The minimum Gasteiger partial charge on any atom is -0.461 e. The van der Waals surface area contributed by atoms with Crippen molar-refractivity contribution in [2.24, 2.45) is 0 Å². The number of hydrogen-bond donors (Lipinski definition) is 0. The summed E-state index contributed by atoms with van der Waals surface area (Å²) in [6, 6.07) is 13.1. The van der Waals surface area contributed by atoms with Crippen LogP contribution < -0.4 is 11.1 Å². The highest BCUT2D eigenvalue weighted by Crippen LogP contribution is 2.12. The van der Waals surface area contributed by atoms with Crippen molar-refractivity contribution in [1.29, 1.82) is 10.5 Å². The number of carbonyl (C=O) groups excluding carboxylic acids is 1. The molecule has 0 spiro atoms. The molecule has 33 heavy (non-hydrogen) atoms. The second kappa shape index (κ2) is 10.2. The standard InChI is InChI=1S/C23H16F2N4O4/c24-19-9-15(11-26)1-3-17(19)13-29-22(31)6-5-21(30)28(29)8-7-23(32)33-14-18-4-2-16(12-27)10-20(18)25/h1-6,9-10H,7-8,13-14H2. The molecule has 0 saturated heterocycles. The minimum atomic E-state index is -0.752. The second-order valence-corrected chi connectivity index (χ2v) is 6.94. The third kappa shape index (κ3) is 5.57. The molecule has 3 rings (SSSR count). The molecule has 0 aliphatic rings. The van der Waals surface area contributed by atoms with Crippen molar-refractivity contribution >= 4 is 5.97 Å². The summed E-state index contributed by atoms with van der Waals surface area (Å²) in [4.78, 5) is 36.8. The SMILES string of the molecule is N#Cc1ccc(COC(=O)CCn2c(=O)ccc(=O)n2Cc2ccc(C#N)cc2F)c(F)c1. The third-order valence-electron chi connectivity index (χ3n) is 4.77. The van der Waals surface area contributed by atoms with E-state index in [9.17, 15) is 23.2 Å². The Morgan fingerprint density at radius 2 is 1.39 bits per heavy atom. The number of halogens is 2. The molecular formula is C23H16F2N4O4. The van der Waals surface area contributed by atoms with Crippen LogP contribution in [-0.2, 0) is 29.2 Å². The Labute approximate surface area is 186 Å². The van der Waals surface area contributed by atoms with Crippen molar-refractivity contribution in [3.8, 4) is 12.1 Å². The van der Waals surface area contributed by atoms with Gasteiger partial charge in [-0.25, -0.2) is 18.1 Å². The fraction of sp³-hybridized carbons (Fsp3) is 0.174. The van der Waals surface area contributed by atoms with Gasteiger partial charge in [-0.1, -0.05) is 12.1 Å². The molecule has 166 valence electrons. The first-order valence-corrected chi connectivity index (χ1v) is 9.66. The van der Waals surface area contributed by atoms with E-state index in [1.165, 1.54) is 24.3 Å². The number of benzene rings is 2. The predicted octanol–water partition coefficient (Wildman–Crippen LogP) is 2.21. The topological polar surface area (TPSA) is 118 Å². The zero-order valence-electron chi connectivity index (χ0n) is 17.1. The zero-order chi connectivity index (χ0) is 24.0. The number of esters is 1. The monoisotopic (exact) mass is 450 g/mol. The number of nitriles is 2. The summed E-state index contributed by atoms with van der Waals surface area (Å²) in [5.74, 6) is -2.16. The normalized spacial score (nSPS) is 10.3. The fourth-order valence-corrected chi connectivity index (χ4v) is 3.01. The van der Waals surface area contributed by atoms with Gasteiger partial charge in [-0.15, -0.1) is 0 Å². The molecule has 8 nitrogen and oxygen atoms in total. The van der Waals surface area contributed by atoms with E-state index in [2.05, 4.69) is 0 Å². The van der Waals surface area contributed by atoms with Crippen molar-refractivity contribution in [1.82, 2.24) is 9.36 Å². The fourth-order valence-electron chi connectivity index (χ4n) is 3.01. The van der Waals surface area contributed by atoms with Gasteiger partial charge in [0.2, 0.25) is 0 Å². The molecule has 1 aromatic heterocycles. The van der Waals surface area contributed by atoms with Crippen molar-refractivity contribution < 1.29 is 18.3 Å². The quantitative estimate of drug-likeness (QED) is 0.510. The highest BCUT2D eigenvalue weighted by atomic mass is 19.1. The molecule has 2 aromatic carbocycles. The van der Waals surface area contributed by atoms with Gasteiger partial charge in [0.25, 0.3) is 11.1 Å². The Balaban J connectivity index is 1.72. The van der Waals surface area contributed by atoms with Crippen LogP contribution in [0.5, 0.6) is 0 Å². The second-order valence-electron chi connectivity index (χ2n) is 6.94. The largest absolute Gasteiger partial charge is 0.461 e. The van der Waals surface area contributed by atoms with E-state index >= 15 is 0 Å². The first-order valence-electron chi connectivity index (χ1n) is 9.66. The summed E-state index contributed by atoms with van der Waals surface area (Å²) < 4.78 is 35.2. The lowest BCUT2D eigenvalue weighted by Gasteiger charge is -2.15. The van der Waals surface area contributed by atoms with Gasteiger partial charge in [0.05, 0.1) is 42.8 Å². The molecule has 0 fully saturated rings. The molecule has 0 aliphatic heterocycles. The molecule has 0 atom stereocenters. The van der Waals surface area contributed by atoms with Crippen molar-refractivity contribution in [2.45, 2.75) is 26.1 Å². The van der Waals surface area contributed by atoms with Gasteiger partial charge >= 0.3 is 5.97 Å². The number of carbonyl (C=O) groups is 1. The lowest BCUT2D eigenvalue weighted by atomic mass is 10.1. The Bertz CT molecular complexity index is 1410. The summed E-state index contributed by atoms with van der Waals surface area (Å²) in [6.45, 7) is -0.900. The van der Waals surface area contributed by atoms with Crippen LogP contribution in [0.1, 0.15) is 28.7 Å². The summed E-state index contributed by atoms with van der Waals surface area (Å²) in [5.41, 5.74) is -0.791. The highest BCUT2D eigenvalue weighted by molar-refractivity contribution is 5.69. The maximum atomic E-state index is 14.3. The zero-order valence-corrected chi connectivity index (χ0v) is 17.1. The Kier molecular flexibility index (Phi) is 7.11. The molecule has 0 bridgehead atoms. The van der Waals surface area contributed by atoms with E-state index in [0.717, 1.165) is 33.6 Å². The van der Waals surface area contributed by atoms with Crippen LogP contribution in [0.4, 0.5) is 8.78 Å². The number of hydrogen-bond acceptors (Lipinski definition) is 6. The molecule has 0 amide bonds. The maximum Gasteiger partial charge on any atom is 0.308 e. The molecule has 0 radical (unpaired) electrons. The van der Waals surface area contributed by atoms with Gasteiger partial charge < -0.3 is 4.74 Å². The Morgan fingerprint density at radius 3 is 1.94 bits per heavy atom. The van der Waals surface area contributed by atoms with E-state index in [1.54, 1.807) is 12.1 Å². The molecule has 0 unspecified atom stereocenters. The molecule has 0 saturated carbocycles. The van der Waals surface area contributed by atoms with Gasteiger partial charge in [-0.3, -0.25) is 14.4 Å². The molecule has 10 heteroatoms. The maximum absolute atomic E-state index is 14.3. The molecule has 0 aliphatic carbocycles. The number of ether oxygens (including phenoxy) is 1. The van der Waals surface area contributed by atoms with E-state index < -0.39 is 28.7 Å². The van der Waals surface area contributed by atoms with E-state index in [1.807, 2.05) is 0 Å². The average Bonchev–Trinajstić information content (AvgIpc) is 2.81. The van der Waals surface area contributed by atoms with E-state index in [0.29, 0.717) is 0 Å². The predicted molar refractivity (Wildman–Crippen MR) is 111 cm³/mol. The average molecular weight is 450 g/mol. The van der Waals surface area contributed by atoms with Gasteiger partial charge in [-0.2, -0.15) is 10.5 Å². The van der Waals surface area contributed by atoms with Crippen LogP contribution in [-0.4, -0.2) is 15.3 Å². The van der Waals surface area contributed by atoms with Crippen LogP contribution in [0.15, 0.2) is 58.1 Å². The Morgan fingerprint density at radius 1 is 0.848 bits per heavy atom. The number of rotatable bonds is 7. The Hall–Kier alpha value is -4.57. The van der Waals surface area contributed by atoms with Crippen LogP contribution in [0.25, 0.3) is 0 Å². The smallest absolute Gasteiger partial charge is 0.308 e. The van der Waals surface area contributed by atoms with Crippen molar-refractivity contribution in [3.63, 3.8) is 0 Å². The van der Waals surface area contributed by atoms with Crippen LogP contribution >= 0.6 is 0 Å². The summed E-state index contributed by atoms with van der Waals surface area (Å²) >= 11 is 0. The van der Waals surface area contributed by atoms with Gasteiger partial charge in [0.1, 0.15) is 18.2 Å². The van der Waals surface area contributed by atoms with E-state index in [-0.39, 0.29) is 48.4 Å².